The summed E-state index contributed by atoms with van der Waals surface area (Å²) >= 11 is 0. The lowest BCUT2D eigenvalue weighted by molar-refractivity contribution is -0.217. The van der Waals surface area contributed by atoms with E-state index in [1.54, 1.807) is 7.11 Å². The predicted molar refractivity (Wildman–Crippen MR) is 185 cm³/mol. The average Bonchev–Trinajstić information content (AvgIpc) is 3.04. The molecule has 2 aromatic carbocycles. The molecule has 2 saturated heterocycles. The van der Waals surface area contributed by atoms with E-state index in [1.807, 2.05) is 17.0 Å². The lowest BCUT2D eigenvalue weighted by Gasteiger charge is -2.46. The summed E-state index contributed by atoms with van der Waals surface area (Å²) in [5.74, 6) is 1.51. The van der Waals surface area contributed by atoms with Crippen LogP contribution < -0.4 is 10.1 Å². The van der Waals surface area contributed by atoms with Crippen molar-refractivity contribution >= 4 is 5.57 Å². The van der Waals surface area contributed by atoms with Crippen LogP contribution in [0.4, 0.5) is 13.2 Å². The number of piperazine rings is 1. The molecule has 1 aliphatic carbocycles. The Kier molecular flexibility index (Phi) is 11.5. The van der Waals surface area contributed by atoms with Crippen molar-refractivity contribution in [1.82, 2.24) is 15.1 Å². The van der Waals surface area contributed by atoms with Crippen LogP contribution in [0.3, 0.4) is 0 Å². The summed E-state index contributed by atoms with van der Waals surface area (Å²) in [6.07, 6.45) is 3.91. The van der Waals surface area contributed by atoms with E-state index in [0.29, 0.717) is 25.6 Å². The number of nitrogens with one attached hydrogen (secondary N) is 1. The number of halogens is 3. The van der Waals surface area contributed by atoms with Gasteiger partial charge in [-0.3, -0.25) is 4.90 Å². The third-order valence-electron chi connectivity index (χ3n) is 10.8. The van der Waals surface area contributed by atoms with Crippen molar-refractivity contribution in [3.05, 3.63) is 71.3 Å². The average molecular weight is 656 g/mol. The first-order chi connectivity index (χ1) is 22.3. The molecule has 2 heterocycles. The van der Waals surface area contributed by atoms with Crippen molar-refractivity contribution in [2.24, 2.45) is 11.3 Å². The minimum Gasteiger partial charge on any atom is -0.497 e. The smallest absolute Gasteiger partial charge is 0.395 e. The van der Waals surface area contributed by atoms with Crippen molar-refractivity contribution in [2.75, 3.05) is 59.5 Å². The van der Waals surface area contributed by atoms with E-state index in [4.69, 9.17) is 9.47 Å². The second-order valence-corrected chi connectivity index (χ2v) is 15.5. The molecule has 47 heavy (non-hydrogen) atoms. The number of methoxy groups -OCH3 is 1. The van der Waals surface area contributed by atoms with E-state index in [-0.39, 0.29) is 17.6 Å². The Hall–Kier alpha value is -2.39. The monoisotopic (exact) mass is 655 g/mol. The second-order valence-electron chi connectivity index (χ2n) is 15.5. The summed E-state index contributed by atoms with van der Waals surface area (Å²) in [5, 5.41) is 3.44. The van der Waals surface area contributed by atoms with Crippen LogP contribution in [-0.2, 0) is 16.7 Å². The number of allylic oxidation sites excluding steroid dienone is 2. The first-order valence-electron chi connectivity index (χ1n) is 17.6. The second kappa shape index (κ2) is 15.0. The number of nitrogens with zero attached hydrogens (tertiary/aromatic N) is 2. The van der Waals surface area contributed by atoms with Gasteiger partial charge < -0.3 is 19.7 Å². The highest BCUT2D eigenvalue weighted by atomic mass is 19.4. The summed E-state index contributed by atoms with van der Waals surface area (Å²) in [5.41, 5.74) is 2.53. The molecule has 260 valence electrons. The van der Waals surface area contributed by atoms with Crippen molar-refractivity contribution in [3.8, 4) is 5.75 Å². The number of hydrogen-bond donors (Lipinski definition) is 1. The number of benzene rings is 2. The van der Waals surface area contributed by atoms with Gasteiger partial charge in [0.05, 0.1) is 18.1 Å². The molecular formula is C39H56F3N3O2. The SMILES string of the molecule is COc1ccc([C@]2(CCN(Cc3ccc(C4=CC[C@@H](CN5CCNCC5)CC4)cc3)CC(C)(C)C(F)(F)F)CCOC(C)(C)C2)cc1. The maximum atomic E-state index is 14.2. The van der Waals surface area contributed by atoms with Gasteiger partial charge in [0, 0.05) is 57.8 Å². The largest absolute Gasteiger partial charge is 0.497 e. The minimum absolute atomic E-state index is 0.0591. The maximum Gasteiger partial charge on any atom is 0.395 e. The van der Waals surface area contributed by atoms with Crippen molar-refractivity contribution in [2.45, 2.75) is 90.0 Å². The van der Waals surface area contributed by atoms with Crippen LogP contribution >= 0.6 is 0 Å². The topological polar surface area (TPSA) is 37.0 Å². The maximum absolute atomic E-state index is 14.2. The van der Waals surface area contributed by atoms with Crippen LogP contribution in [0.1, 0.15) is 82.9 Å². The van der Waals surface area contributed by atoms with E-state index in [0.717, 1.165) is 69.6 Å². The quantitative estimate of drug-likeness (QED) is 0.250. The molecule has 5 nitrogen and oxygen atoms in total. The number of alkyl halides is 3. The molecule has 1 N–H and O–H groups in total. The number of rotatable bonds is 12. The molecule has 0 bridgehead atoms. The molecule has 2 fully saturated rings. The van der Waals surface area contributed by atoms with Gasteiger partial charge in [-0.05, 0) is 113 Å². The van der Waals surface area contributed by atoms with Gasteiger partial charge >= 0.3 is 6.18 Å². The van der Waals surface area contributed by atoms with Crippen LogP contribution in [0.5, 0.6) is 5.75 Å². The Morgan fingerprint density at radius 3 is 2.32 bits per heavy atom. The van der Waals surface area contributed by atoms with Crippen molar-refractivity contribution < 1.29 is 22.6 Å². The zero-order valence-corrected chi connectivity index (χ0v) is 29.2. The molecule has 5 rings (SSSR count). The summed E-state index contributed by atoms with van der Waals surface area (Å²) in [6, 6.07) is 16.8. The van der Waals surface area contributed by atoms with Crippen molar-refractivity contribution in [3.63, 3.8) is 0 Å². The summed E-state index contributed by atoms with van der Waals surface area (Å²) < 4.78 is 54.1. The van der Waals surface area contributed by atoms with Gasteiger partial charge in [0.15, 0.2) is 0 Å². The highest BCUT2D eigenvalue weighted by Crippen LogP contribution is 2.45. The zero-order valence-electron chi connectivity index (χ0n) is 29.2. The van der Waals surface area contributed by atoms with E-state index in [1.165, 1.54) is 43.5 Å². The Morgan fingerprint density at radius 2 is 1.72 bits per heavy atom. The molecule has 0 unspecified atom stereocenters. The van der Waals surface area contributed by atoms with Gasteiger partial charge in [-0.2, -0.15) is 13.2 Å². The molecule has 0 aromatic heterocycles. The molecule has 0 amide bonds. The lowest BCUT2D eigenvalue weighted by atomic mass is 9.67. The molecule has 2 aromatic rings. The third kappa shape index (κ3) is 9.40. The lowest BCUT2D eigenvalue weighted by Crippen LogP contribution is -2.47. The Balaban J connectivity index is 1.30. The van der Waals surface area contributed by atoms with Gasteiger partial charge in [-0.1, -0.05) is 42.5 Å². The van der Waals surface area contributed by atoms with E-state index in [9.17, 15) is 13.2 Å². The molecular weight excluding hydrogens is 599 g/mol. The first-order valence-corrected chi connectivity index (χ1v) is 17.6. The Labute approximate surface area is 280 Å². The van der Waals surface area contributed by atoms with E-state index < -0.39 is 11.6 Å². The van der Waals surface area contributed by atoms with Gasteiger partial charge in [-0.15, -0.1) is 0 Å². The fourth-order valence-electron chi connectivity index (χ4n) is 7.92. The van der Waals surface area contributed by atoms with Crippen LogP contribution in [0.2, 0.25) is 0 Å². The first kappa shape index (κ1) is 35.9. The van der Waals surface area contributed by atoms with E-state index in [2.05, 4.69) is 66.5 Å². The van der Waals surface area contributed by atoms with Gasteiger partial charge in [-0.25, -0.2) is 0 Å². The van der Waals surface area contributed by atoms with E-state index >= 15 is 0 Å². The Morgan fingerprint density at radius 1 is 1.02 bits per heavy atom. The number of ether oxygens (including phenoxy) is 2. The molecule has 0 radical (unpaired) electrons. The summed E-state index contributed by atoms with van der Waals surface area (Å²) in [7, 11) is 1.66. The predicted octanol–water partition coefficient (Wildman–Crippen LogP) is 8.09. The minimum atomic E-state index is -4.29. The van der Waals surface area contributed by atoms with Crippen molar-refractivity contribution in [1.29, 1.82) is 0 Å². The Bertz CT molecular complexity index is 1320. The van der Waals surface area contributed by atoms with Gasteiger partial charge in [0.2, 0.25) is 0 Å². The van der Waals surface area contributed by atoms with Crippen LogP contribution in [0.25, 0.3) is 5.57 Å². The van der Waals surface area contributed by atoms with Crippen LogP contribution in [0.15, 0.2) is 54.6 Å². The molecule has 2 atom stereocenters. The summed E-state index contributed by atoms with van der Waals surface area (Å²) in [4.78, 5) is 4.61. The molecule has 0 saturated carbocycles. The molecule has 8 heteroatoms. The molecule has 3 aliphatic rings. The van der Waals surface area contributed by atoms with Crippen LogP contribution in [0, 0.1) is 11.3 Å². The molecule has 2 aliphatic heterocycles. The fourth-order valence-corrected chi connectivity index (χ4v) is 7.92. The highest BCUT2D eigenvalue weighted by molar-refractivity contribution is 5.66. The zero-order chi connectivity index (χ0) is 33.7. The molecule has 0 spiro atoms. The normalized spacial score (nSPS) is 24.3. The summed E-state index contributed by atoms with van der Waals surface area (Å²) in [6.45, 7) is 14.1. The van der Waals surface area contributed by atoms with Gasteiger partial charge in [0.1, 0.15) is 5.75 Å². The van der Waals surface area contributed by atoms with Crippen LogP contribution in [-0.4, -0.2) is 81.1 Å². The fraction of sp³-hybridized carbons (Fsp3) is 0.641. The standard InChI is InChI=1S/C39H56F3N3O2/c1-36(2,39(40,41)42)29-45(22-18-38(19-25-47-37(3,4)28-38)34-14-16-35(46-5)17-15-34)27-31-8-12-33(13-9-31)32-10-6-30(7-11-32)26-44-23-20-43-21-24-44/h8-10,12-17,30,43H,6-7,11,18-29H2,1-5H3/t30-,38-/m1/s1. The number of hydrogen-bond acceptors (Lipinski definition) is 5. The third-order valence-corrected chi connectivity index (χ3v) is 10.8. The van der Waals surface area contributed by atoms with Gasteiger partial charge in [0.25, 0.3) is 0 Å². The highest BCUT2D eigenvalue weighted by Gasteiger charge is 2.48.